The second kappa shape index (κ2) is 9.13. The van der Waals surface area contributed by atoms with Gasteiger partial charge in [-0.3, -0.25) is 14.2 Å². The fourth-order valence-corrected chi connectivity index (χ4v) is 5.21. The molecule has 154 valence electrons. The zero-order valence-corrected chi connectivity index (χ0v) is 19.1. The van der Waals surface area contributed by atoms with Gasteiger partial charge >= 0.3 is 0 Å². The zero-order valence-electron chi connectivity index (χ0n) is 17.5. The Kier molecular flexibility index (Phi) is 6.80. The lowest BCUT2D eigenvalue weighted by Gasteiger charge is -2.21. The van der Waals surface area contributed by atoms with E-state index in [2.05, 4.69) is 17.2 Å². The van der Waals surface area contributed by atoms with Crippen LogP contribution in [0.4, 0.5) is 0 Å². The Bertz CT molecular complexity index is 1070. The van der Waals surface area contributed by atoms with Gasteiger partial charge in [0.2, 0.25) is 5.91 Å². The second-order valence-electron chi connectivity index (χ2n) is 7.24. The maximum Gasteiger partial charge on any atom is 0.262 e. The van der Waals surface area contributed by atoms with Gasteiger partial charge in [-0.1, -0.05) is 55.4 Å². The van der Waals surface area contributed by atoms with Gasteiger partial charge < -0.3 is 5.32 Å². The largest absolute Gasteiger partial charge is 0.348 e. The first kappa shape index (κ1) is 21.6. The lowest BCUT2D eigenvalue weighted by Crippen LogP contribution is -2.34. The molecule has 2 heterocycles. The van der Waals surface area contributed by atoms with Gasteiger partial charge in [0.05, 0.1) is 16.7 Å². The summed E-state index contributed by atoms with van der Waals surface area (Å²) < 4.78 is 1.55. The first-order valence-electron chi connectivity index (χ1n) is 9.82. The molecule has 0 saturated heterocycles. The number of nitrogens with one attached hydrogen (secondary N) is 1. The molecule has 0 fully saturated rings. The molecule has 3 aromatic rings. The summed E-state index contributed by atoms with van der Waals surface area (Å²) in [5.41, 5.74) is 2.04. The Labute approximate surface area is 179 Å². The number of thioether (sulfide) groups is 1. The number of carbonyl (C=O) groups is 1. The highest BCUT2D eigenvalue weighted by Crippen LogP contribution is 2.29. The average molecular weight is 430 g/mol. The molecule has 0 bridgehead atoms. The molecule has 1 aromatic carbocycles. The quantitative estimate of drug-likeness (QED) is 0.435. The summed E-state index contributed by atoms with van der Waals surface area (Å²) in [5.74, 6) is -0.0508. The third kappa shape index (κ3) is 4.56. The van der Waals surface area contributed by atoms with Crippen LogP contribution in [-0.4, -0.2) is 20.7 Å². The Balaban J connectivity index is 1.80. The Hall–Kier alpha value is -2.12. The van der Waals surface area contributed by atoms with Crippen molar-refractivity contribution in [3.05, 3.63) is 56.7 Å². The second-order valence-corrected chi connectivity index (χ2v) is 9.75. The monoisotopic (exact) mass is 429 g/mol. The SMILES string of the molecule is CCCC(NC(=O)C(C)Sc1nc2sc(C)c(C)c2c(=O)n1C)c1ccccc1. The van der Waals surface area contributed by atoms with Crippen molar-refractivity contribution in [3.8, 4) is 0 Å². The van der Waals surface area contributed by atoms with Crippen molar-refractivity contribution in [2.75, 3.05) is 0 Å². The van der Waals surface area contributed by atoms with E-state index in [1.807, 2.05) is 51.1 Å². The van der Waals surface area contributed by atoms with E-state index in [1.54, 1.807) is 11.6 Å². The lowest BCUT2D eigenvalue weighted by molar-refractivity contribution is -0.121. The van der Waals surface area contributed by atoms with Gasteiger partial charge in [-0.05, 0) is 38.3 Å². The third-order valence-electron chi connectivity index (χ3n) is 5.12. The number of aromatic nitrogens is 2. The average Bonchev–Trinajstić information content (AvgIpc) is 2.99. The van der Waals surface area contributed by atoms with Crippen molar-refractivity contribution in [3.63, 3.8) is 0 Å². The number of benzene rings is 1. The molecule has 0 saturated carbocycles. The summed E-state index contributed by atoms with van der Waals surface area (Å²) in [5, 5.41) is 4.05. The minimum Gasteiger partial charge on any atom is -0.348 e. The van der Waals surface area contributed by atoms with Crippen LogP contribution in [-0.2, 0) is 11.8 Å². The van der Waals surface area contributed by atoms with Crippen molar-refractivity contribution in [2.45, 2.75) is 57.0 Å². The lowest BCUT2D eigenvalue weighted by atomic mass is 10.0. The first-order valence-corrected chi connectivity index (χ1v) is 11.5. The maximum absolute atomic E-state index is 12.9. The third-order valence-corrected chi connectivity index (χ3v) is 7.36. The Morgan fingerprint density at radius 1 is 1.28 bits per heavy atom. The van der Waals surface area contributed by atoms with Gasteiger partial charge in [0.1, 0.15) is 4.83 Å². The molecule has 2 unspecified atom stereocenters. The van der Waals surface area contributed by atoms with Crippen molar-refractivity contribution in [1.82, 2.24) is 14.9 Å². The highest BCUT2D eigenvalue weighted by molar-refractivity contribution is 8.00. The molecular formula is C22H27N3O2S2. The van der Waals surface area contributed by atoms with Crippen LogP contribution in [0.5, 0.6) is 0 Å². The molecular weight excluding hydrogens is 402 g/mol. The smallest absolute Gasteiger partial charge is 0.262 e. The van der Waals surface area contributed by atoms with Crippen LogP contribution in [0.15, 0.2) is 40.3 Å². The van der Waals surface area contributed by atoms with Crippen LogP contribution in [0.1, 0.15) is 48.7 Å². The van der Waals surface area contributed by atoms with Crippen LogP contribution in [0.25, 0.3) is 10.2 Å². The van der Waals surface area contributed by atoms with Gasteiger partial charge in [-0.2, -0.15) is 0 Å². The van der Waals surface area contributed by atoms with E-state index in [-0.39, 0.29) is 22.8 Å². The topological polar surface area (TPSA) is 64.0 Å². The molecule has 5 nitrogen and oxygen atoms in total. The number of amides is 1. The number of hydrogen-bond donors (Lipinski definition) is 1. The van der Waals surface area contributed by atoms with E-state index in [9.17, 15) is 9.59 Å². The summed E-state index contributed by atoms with van der Waals surface area (Å²) in [7, 11) is 1.72. The normalized spacial score (nSPS) is 13.4. The maximum atomic E-state index is 12.9. The molecule has 1 N–H and O–H groups in total. The molecule has 29 heavy (non-hydrogen) atoms. The molecule has 0 aliphatic carbocycles. The van der Waals surface area contributed by atoms with Gasteiger partial charge in [0.15, 0.2) is 5.16 Å². The fourth-order valence-electron chi connectivity index (χ4n) is 3.26. The van der Waals surface area contributed by atoms with Crippen LogP contribution < -0.4 is 10.9 Å². The number of carbonyl (C=O) groups excluding carboxylic acids is 1. The molecule has 0 spiro atoms. The van der Waals surface area contributed by atoms with Crippen LogP contribution in [0, 0.1) is 13.8 Å². The summed E-state index contributed by atoms with van der Waals surface area (Å²) in [4.78, 5) is 32.2. The number of nitrogens with zero attached hydrogens (tertiary/aromatic N) is 2. The van der Waals surface area contributed by atoms with Gasteiger partial charge in [0, 0.05) is 11.9 Å². The molecule has 0 radical (unpaired) electrons. The van der Waals surface area contributed by atoms with E-state index >= 15 is 0 Å². The van der Waals surface area contributed by atoms with Crippen molar-refractivity contribution in [2.24, 2.45) is 7.05 Å². The van der Waals surface area contributed by atoms with Crippen LogP contribution >= 0.6 is 23.1 Å². The number of hydrogen-bond acceptors (Lipinski definition) is 5. The summed E-state index contributed by atoms with van der Waals surface area (Å²) >= 11 is 2.85. The minimum atomic E-state index is -0.365. The first-order chi connectivity index (χ1) is 13.8. The van der Waals surface area contributed by atoms with Crippen molar-refractivity contribution >= 4 is 39.2 Å². The van der Waals surface area contributed by atoms with Crippen molar-refractivity contribution in [1.29, 1.82) is 0 Å². The van der Waals surface area contributed by atoms with E-state index in [1.165, 1.54) is 23.1 Å². The molecule has 0 aliphatic heterocycles. The molecule has 1 amide bonds. The summed E-state index contributed by atoms with van der Waals surface area (Å²) in [6.07, 6.45) is 1.86. The molecule has 3 rings (SSSR count). The standard InChI is InChI=1S/C22H27N3O2S2/c1-6-10-17(16-11-8-7-9-12-16)23-19(26)15(4)29-22-24-20-18(21(27)25(22)5)13(2)14(3)28-20/h7-9,11-12,15,17H,6,10H2,1-5H3,(H,23,26). The van der Waals surface area contributed by atoms with Crippen LogP contribution in [0.2, 0.25) is 0 Å². The number of thiophene rings is 1. The zero-order chi connectivity index (χ0) is 21.1. The highest BCUT2D eigenvalue weighted by Gasteiger charge is 2.22. The Morgan fingerprint density at radius 3 is 2.62 bits per heavy atom. The minimum absolute atomic E-state index is 0.0152. The van der Waals surface area contributed by atoms with E-state index in [0.29, 0.717) is 10.5 Å². The van der Waals surface area contributed by atoms with Crippen molar-refractivity contribution < 1.29 is 4.79 Å². The molecule has 2 aromatic heterocycles. The van der Waals surface area contributed by atoms with Gasteiger partial charge in [0.25, 0.3) is 5.56 Å². The number of rotatable bonds is 7. The highest BCUT2D eigenvalue weighted by atomic mass is 32.2. The van der Waals surface area contributed by atoms with E-state index in [4.69, 9.17) is 0 Å². The summed E-state index contributed by atoms with van der Waals surface area (Å²) in [6.45, 7) is 7.93. The van der Waals surface area contributed by atoms with Crippen LogP contribution in [0.3, 0.4) is 0 Å². The predicted molar refractivity (Wildman–Crippen MR) is 122 cm³/mol. The predicted octanol–water partition coefficient (Wildman–Crippen LogP) is 4.75. The van der Waals surface area contributed by atoms with Gasteiger partial charge in [-0.25, -0.2) is 4.98 Å². The number of aryl methyl sites for hydroxylation is 2. The van der Waals surface area contributed by atoms with Gasteiger partial charge in [-0.15, -0.1) is 11.3 Å². The summed E-state index contributed by atoms with van der Waals surface area (Å²) in [6, 6.07) is 10.0. The molecule has 2 atom stereocenters. The number of fused-ring (bicyclic) bond motifs is 1. The molecule has 7 heteroatoms. The fraction of sp³-hybridized carbons (Fsp3) is 0.409. The molecule has 0 aliphatic rings. The van der Waals surface area contributed by atoms with E-state index in [0.717, 1.165) is 33.7 Å². The van der Waals surface area contributed by atoms with E-state index < -0.39 is 0 Å². The Morgan fingerprint density at radius 2 is 1.97 bits per heavy atom.